The summed E-state index contributed by atoms with van der Waals surface area (Å²) in [6.07, 6.45) is -8.68. The molecule has 2 nitrogen and oxygen atoms in total. The van der Waals surface area contributed by atoms with E-state index in [2.05, 4.69) is 4.74 Å². The Morgan fingerprint density at radius 2 is 1.56 bits per heavy atom. The summed E-state index contributed by atoms with van der Waals surface area (Å²) in [6, 6.07) is 0. The maximum Gasteiger partial charge on any atom is 0.395 e. The summed E-state index contributed by atoms with van der Waals surface area (Å²) in [7, 11) is 0. The summed E-state index contributed by atoms with van der Waals surface area (Å²) < 4.78 is 87.5. The molecule has 0 fully saturated rings. The van der Waals surface area contributed by atoms with E-state index in [1.165, 1.54) is 0 Å². The molecule has 2 N–H and O–H groups in total. The molecule has 16 heavy (non-hydrogen) atoms. The van der Waals surface area contributed by atoms with E-state index in [9.17, 15) is 30.7 Å². The molecule has 0 aliphatic carbocycles. The first-order valence-electron chi connectivity index (χ1n) is 4.11. The second-order valence-electron chi connectivity index (χ2n) is 3.05. The lowest BCUT2D eigenvalue weighted by Crippen LogP contribution is -2.37. The SMILES string of the molecule is NCC(COCC(F)(F)C(F)F)C(F)(F)F. The predicted molar refractivity (Wildman–Crippen MR) is 40.4 cm³/mol. The number of ether oxygens (including phenoxy) is 1. The Morgan fingerprint density at radius 3 is 1.88 bits per heavy atom. The highest BCUT2D eigenvalue weighted by Crippen LogP contribution is 2.27. The fraction of sp³-hybridized carbons (Fsp3) is 1.00. The Labute approximate surface area is 86.5 Å². The Morgan fingerprint density at radius 1 is 1.06 bits per heavy atom. The number of rotatable bonds is 6. The van der Waals surface area contributed by atoms with E-state index in [-0.39, 0.29) is 0 Å². The van der Waals surface area contributed by atoms with Crippen LogP contribution in [0.4, 0.5) is 30.7 Å². The van der Waals surface area contributed by atoms with Crippen LogP contribution >= 0.6 is 0 Å². The molecular weight excluding hydrogens is 247 g/mol. The number of hydrogen-bond donors (Lipinski definition) is 1. The summed E-state index contributed by atoms with van der Waals surface area (Å²) in [5, 5.41) is 0. The molecule has 0 spiro atoms. The molecule has 0 amide bonds. The summed E-state index contributed by atoms with van der Waals surface area (Å²) in [6.45, 7) is -3.79. The fourth-order valence-corrected chi connectivity index (χ4v) is 0.696. The maximum atomic E-state index is 12.2. The van der Waals surface area contributed by atoms with Crippen molar-refractivity contribution in [1.82, 2.24) is 0 Å². The molecule has 0 saturated carbocycles. The van der Waals surface area contributed by atoms with Crippen LogP contribution in [0.15, 0.2) is 0 Å². The van der Waals surface area contributed by atoms with Gasteiger partial charge in [-0.2, -0.15) is 22.0 Å². The van der Waals surface area contributed by atoms with E-state index < -0.39 is 44.2 Å². The topological polar surface area (TPSA) is 35.2 Å². The molecule has 0 aliphatic heterocycles. The molecule has 0 bridgehead atoms. The van der Waals surface area contributed by atoms with Crippen molar-refractivity contribution in [2.45, 2.75) is 18.5 Å². The van der Waals surface area contributed by atoms with Gasteiger partial charge in [0.25, 0.3) is 0 Å². The van der Waals surface area contributed by atoms with Crippen LogP contribution < -0.4 is 5.73 Å². The van der Waals surface area contributed by atoms with Crippen molar-refractivity contribution < 1.29 is 35.5 Å². The van der Waals surface area contributed by atoms with Crippen LogP contribution in [-0.2, 0) is 4.74 Å². The smallest absolute Gasteiger partial charge is 0.374 e. The molecule has 1 atom stereocenters. The van der Waals surface area contributed by atoms with E-state index in [1.807, 2.05) is 0 Å². The molecule has 0 aliphatic rings. The molecule has 1 unspecified atom stereocenters. The number of halogens is 7. The van der Waals surface area contributed by atoms with Crippen molar-refractivity contribution in [1.29, 1.82) is 0 Å². The van der Waals surface area contributed by atoms with Crippen LogP contribution in [-0.4, -0.2) is 38.3 Å². The highest BCUT2D eigenvalue weighted by molar-refractivity contribution is 4.71. The van der Waals surface area contributed by atoms with Gasteiger partial charge in [0, 0.05) is 6.54 Å². The van der Waals surface area contributed by atoms with E-state index in [0.717, 1.165) is 0 Å². The van der Waals surface area contributed by atoms with E-state index in [0.29, 0.717) is 0 Å². The molecule has 0 aromatic rings. The Balaban J connectivity index is 4.06. The highest BCUT2D eigenvalue weighted by Gasteiger charge is 2.43. The molecule has 0 heterocycles. The molecule has 0 rings (SSSR count). The van der Waals surface area contributed by atoms with Crippen molar-refractivity contribution >= 4 is 0 Å². The van der Waals surface area contributed by atoms with Crippen molar-refractivity contribution in [3.8, 4) is 0 Å². The van der Waals surface area contributed by atoms with Gasteiger partial charge in [-0.05, 0) is 0 Å². The number of hydrogen-bond acceptors (Lipinski definition) is 2. The van der Waals surface area contributed by atoms with Crippen LogP contribution in [0, 0.1) is 5.92 Å². The highest BCUT2D eigenvalue weighted by atomic mass is 19.4. The summed E-state index contributed by atoms with van der Waals surface area (Å²) >= 11 is 0. The second kappa shape index (κ2) is 5.67. The number of alkyl halides is 7. The van der Waals surface area contributed by atoms with Gasteiger partial charge in [-0.1, -0.05) is 0 Å². The molecule has 0 aromatic carbocycles. The minimum Gasteiger partial charge on any atom is -0.374 e. The first-order chi connectivity index (χ1) is 7.11. The first-order valence-corrected chi connectivity index (χ1v) is 4.11. The first kappa shape index (κ1) is 15.4. The number of nitrogens with two attached hydrogens (primary N) is 1. The largest absolute Gasteiger partial charge is 0.395 e. The van der Waals surface area contributed by atoms with Crippen molar-refractivity contribution in [2.24, 2.45) is 11.7 Å². The lowest BCUT2D eigenvalue weighted by atomic mass is 10.1. The van der Waals surface area contributed by atoms with Gasteiger partial charge >= 0.3 is 18.5 Å². The van der Waals surface area contributed by atoms with Crippen molar-refractivity contribution in [2.75, 3.05) is 19.8 Å². The van der Waals surface area contributed by atoms with Crippen LogP contribution in [0.1, 0.15) is 0 Å². The monoisotopic (exact) mass is 257 g/mol. The van der Waals surface area contributed by atoms with Crippen LogP contribution in [0.3, 0.4) is 0 Å². The van der Waals surface area contributed by atoms with Gasteiger partial charge in [-0.25, -0.2) is 8.78 Å². The summed E-state index contributed by atoms with van der Waals surface area (Å²) in [4.78, 5) is 0. The standard InChI is InChI=1S/C7H10F7NO/c8-5(9)6(10,11)3-16-2-4(1-15)7(12,13)14/h4-5H,1-3,15H2. The zero-order valence-electron chi connectivity index (χ0n) is 7.91. The van der Waals surface area contributed by atoms with E-state index in [1.54, 1.807) is 0 Å². The van der Waals surface area contributed by atoms with Crippen LogP contribution in [0.5, 0.6) is 0 Å². The average Bonchev–Trinajstić information content (AvgIpc) is 2.10. The van der Waals surface area contributed by atoms with Gasteiger partial charge < -0.3 is 10.5 Å². The Kier molecular flexibility index (Phi) is 5.47. The third-order valence-corrected chi connectivity index (χ3v) is 1.68. The summed E-state index contributed by atoms with van der Waals surface area (Å²) in [5.41, 5.74) is 4.73. The Bertz CT molecular complexity index is 205. The normalized spacial score (nSPS) is 15.6. The van der Waals surface area contributed by atoms with Gasteiger partial charge in [0.2, 0.25) is 0 Å². The quantitative estimate of drug-likeness (QED) is 0.739. The third kappa shape index (κ3) is 4.97. The Hall–Kier alpha value is -0.570. The molecule has 9 heteroatoms. The van der Waals surface area contributed by atoms with Gasteiger partial charge in [0.05, 0.1) is 12.5 Å². The lowest BCUT2D eigenvalue weighted by molar-refractivity contribution is -0.204. The fourth-order valence-electron chi connectivity index (χ4n) is 0.696. The molecule has 0 aromatic heterocycles. The minimum absolute atomic E-state index is 0.857. The zero-order valence-corrected chi connectivity index (χ0v) is 7.91. The minimum atomic E-state index is -4.70. The maximum absolute atomic E-state index is 12.2. The molecular formula is C7H10F7NO. The molecule has 0 radical (unpaired) electrons. The van der Waals surface area contributed by atoms with Gasteiger partial charge in [0.15, 0.2) is 0 Å². The van der Waals surface area contributed by atoms with Crippen molar-refractivity contribution in [3.63, 3.8) is 0 Å². The van der Waals surface area contributed by atoms with Crippen LogP contribution in [0.25, 0.3) is 0 Å². The predicted octanol–water partition coefficient (Wildman–Crippen LogP) is 2.04. The third-order valence-electron chi connectivity index (χ3n) is 1.68. The average molecular weight is 257 g/mol. The summed E-state index contributed by atoms with van der Waals surface area (Å²) in [5.74, 6) is -6.59. The van der Waals surface area contributed by atoms with E-state index >= 15 is 0 Å². The van der Waals surface area contributed by atoms with Crippen molar-refractivity contribution in [3.05, 3.63) is 0 Å². The molecule has 0 saturated heterocycles. The van der Waals surface area contributed by atoms with E-state index in [4.69, 9.17) is 5.73 Å². The zero-order chi connectivity index (χ0) is 13.0. The second-order valence-corrected chi connectivity index (χ2v) is 3.05. The van der Waals surface area contributed by atoms with Gasteiger partial charge in [0.1, 0.15) is 6.61 Å². The van der Waals surface area contributed by atoms with Gasteiger partial charge in [-0.3, -0.25) is 0 Å². The molecule has 98 valence electrons. The van der Waals surface area contributed by atoms with Gasteiger partial charge in [-0.15, -0.1) is 0 Å². The van der Waals surface area contributed by atoms with Crippen LogP contribution in [0.2, 0.25) is 0 Å². The lowest BCUT2D eigenvalue weighted by Gasteiger charge is -2.20.